The summed E-state index contributed by atoms with van der Waals surface area (Å²) in [6, 6.07) is 4.28. The van der Waals surface area contributed by atoms with Gasteiger partial charge in [0.25, 0.3) is 5.56 Å². The number of aromatic nitrogens is 4. The Morgan fingerprint density at radius 2 is 1.85 bits per heavy atom. The summed E-state index contributed by atoms with van der Waals surface area (Å²) in [6.45, 7) is 0. The molecular weight excluding hydrogens is 326 g/mol. The van der Waals surface area contributed by atoms with Gasteiger partial charge in [-0.05, 0) is 63.9 Å². The van der Waals surface area contributed by atoms with Crippen molar-refractivity contribution < 1.29 is 0 Å². The van der Waals surface area contributed by atoms with Crippen molar-refractivity contribution in [3.8, 4) is 0 Å². The van der Waals surface area contributed by atoms with E-state index in [0.29, 0.717) is 12.0 Å². The van der Waals surface area contributed by atoms with Crippen LogP contribution in [0.4, 0.5) is 5.82 Å². The van der Waals surface area contributed by atoms with E-state index >= 15 is 0 Å². The predicted molar refractivity (Wildman–Crippen MR) is 99.4 cm³/mol. The van der Waals surface area contributed by atoms with Crippen LogP contribution in [0.5, 0.6) is 0 Å². The lowest BCUT2D eigenvalue weighted by Gasteiger charge is -2.30. The molecule has 1 N–H and O–H groups in total. The number of fused-ring (bicyclic) bond motifs is 1. The summed E-state index contributed by atoms with van der Waals surface area (Å²) in [6.07, 6.45) is 11.5. The highest BCUT2D eigenvalue weighted by atomic mass is 16.1. The fourth-order valence-electron chi connectivity index (χ4n) is 4.44. The Morgan fingerprint density at radius 3 is 2.65 bits per heavy atom. The Hall–Kier alpha value is -2.24. The highest BCUT2D eigenvalue weighted by Gasteiger charge is 2.29. The van der Waals surface area contributed by atoms with Crippen LogP contribution in [0.3, 0.4) is 0 Å². The Morgan fingerprint density at radius 1 is 1.00 bits per heavy atom. The quantitative estimate of drug-likeness (QED) is 0.917. The van der Waals surface area contributed by atoms with Gasteiger partial charge in [0.1, 0.15) is 12.1 Å². The maximum Gasteiger partial charge on any atom is 0.267 e. The van der Waals surface area contributed by atoms with Gasteiger partial charge in [0.05, 0.1) is 11.7 Å². The van der Waals surface area contributed by atoms with Gasteiger partial charge in [-0.3, -0.25) is 4.79 Å². The maximum absolute atomic E-state index is 12.3. The summed E-state index contributed by atoms with van der Waals surface area (Å²) in [7, 11) is 0. The van der Waals surface area contributed by atoms with E-state index in [9.17, 15) is 4.79 Å². The van der Waals surface area contributed by atoms with E-state index < -0.39 is 0 Å². The first kappa shape index (κ1) is 16.0. The Kier molecular flexibility index (Phi) is 3.98. The molecule has 2 fully saturated rings. The van der Waals surface area contributed by atoms with E-state index in [2.05, 4.69) is 20.4 Å². The number of hydrogen-bond donors (Lipinski definition) is 1. The third-order valence-corrected chi connectivity index (χ3v) is 6.10. The SMILES string of the molecule is O=c1ccc(C2CC2)nn1C1CCC(Nc2ncnc3c2CCC3)CC1. The van der Waals surface area contributed by atoms with Crippen molar-refractivity contribution in [2.24, 2.45) is 0 Å². The van der Waals surface area contributed by atoms with Crippen LogP contribution in [-0.4, -0.2) is 25.8 Å². The molecule has 6 nitrogen and oxygen atoms in total. The van der Waals surface area contributed by atoms with Crippen molar-refractivity contribution in [1.29, 1.82) is 0 Å². The third kappa shape index (κ3) is 3.02. The molecule has 3 aliphatic carbocycles. The third-order valence-electron chi connectivity index (χ3n) is 6.10. The topological polar surface area (TPSA) is 72.7 Å². The molecule has 0 radical (unpaired) electrons. The molecule has 5 rings (SSSR count). The molecule has 0 saturated heterocycles. The zero-order valence-electron chi connectivity index (χ0n) is 15.0. The van der Waals surface area contributed by atoms with Crippen LogP contribution in [0.1, 0.15) is 73.9 Å². The summed E-state index contributed by atoms with van der Waals surface area (Å²) in [4.78, 5) is 21.2. The minimum Gasteiger partial charge on any atom is -0.367 e. The van der Waals surface area contributed by atoms with E-state index in [1.165, 1.54) is 30.5 Å². The number of nitrogens with zero attached hydrogens (tertiary/aromatic N) is 4. The Balaban J connectivity index is 1.26. The zero-order chi connectivity index (χ0) is 17.5. The molecule has 0 amide bonds. The lowest BCUT2D eigenvalue weighted by Crippen LogP contribution is -2.33. The fraction of sp³-hybridized carbons (Fsp3) is 0.600. The molecule has 2 heterocycles. The van der Waals surface area contributed by atoms with Gasteiger partial charge in [-0.15, -0.1) is 0 Å². The minimum atomic E-state index is 0.0411. The van der Waals surface area contributed by atoms with Crippen LogP contribution in [0.25, 0.3) is 0 Å². The molecule has 3 aliphatic rings. The number of aryl methyl sites for hydroxylation is 1. The monoisotopic (exact) mass is 351 g/mol. The highest BCUT2D eigenvalue weighted by molar-refractivity contribution is 5.48. The lowest BCUT2D eigenvalue weighted by molar-refractivity contribution is 0.301. The molecule has 0 atom stereocenters. The van der Waals surface area contributed by atoms with Gasteiger partial charge in [0, 0.05) is 29.3 Å². The molecule has 0 unspecified atom stereocenters. The summed E-state index contributed by atoms with van der Waals surface area (Å²) in [5.41, 5.74) is 3.66. The van der Waals surface area contributed by atoms with Crippen LogP contribution >= 0.6 is 0 Å². The summed E-state index contributed by atoms with van der Waals surface area (Å²) in [5.74, 6) is 1.61. The molecule has 0 bridgehead atoms. The molecule has 136 valence electrons. The first-order valence-electron chi connectivity index (χ1n) is 9.97. The minimum absolute atomic E-state index is 0.0411. The van der Waals surface area contributed by atoms with Crippen LogP contribution in [0, 0.1) is 0 Å². The molecule has 2 aromatic rings. The number of rotatable bonds is 4. The van der Waals surface area contributed by atoms with Gasteiger partial charge in [0.2, 0.25) is 0 Å². The van der Waals surface area contributed by atoms with Crippen molar-refractivity contribution in [3.05, 3.63) is 45.8 Å². The summed E-state index contributed by atoms with van der Waals surface area (Å²) >= 11 is 0. The molecule has 0 spiro atoms. The lowest BCUT2D eigenvalue weighted by atomic mass is 9.91. The van der Waals surface area contributed by atoms with Crippen LogP contribution in [-0.2, 0) is 12.8 Å². The second-order valence-corrected chi connectivity index (χ2v) is 7.97. The molecule has 2 saturated carbocycles. The van der Waals surface area contributed by atoms with E-state index in [4.69, 9.17) is 0 Å². The van der Waals surface area contributed by atoms with E-state index in [0.717, 1.165) is 50.0 Å². The van der Waals surface area contributed by atoms with Crippen molar-refractivity contribution in [3.63, 3.8) is 0 Å². The molecule has 0 aromatic carbocycles. The summed E-state index contributed by atoms with van der Waals surface area (Å²) < 4.78 is 1.76. The van der Waals surface area contributed by atoms with Crippen molar-refractivity contribution in [2.75, 3.05) is 5.32 Å². The Bertz CT molecular complexity index is 865. The van der Waals surface area contributed by atoms with Gasteiger partial charge in [-0.2, -0.15) is 5.10 Å². The average molecular weight is 351 g/mol. The van der Waals surface area contributed by atoms with Crippen LogP contribution in [0.15, 0.2) is 23.3 Å². The smallest absolute Gasteiger partial charge is 0.267 e. The van der Waals surface area contributed by atoms with Gasteiger partial charge >= 0.3 is 0 Å². The Labute approximate surface area is 153 Å². The van der Waals surface area contributed by atoms with Gasteiger partial charge in [-0.25, -0.2) is 14.6 Å². The maximum atomic E-state index is 12.3. The van der Waals surface area contributed by atoms with Gasteiger partial charge in [-0.1, -0.05) is 0 Å². The number of anilines is 1. The van der Waals surface area contributed by atoms with Crippen molar-refractivity contribution >= 4 is 5.82 Å². The summed E-state index contributed by atoms with van der Waals surface area (Å²) in [5, 5.41) is 8.33. The molecular formula is C20H25N5O. The molecule has 0 aliphatic heterocycles. The fourth-order valence-corrected chi connectivity index (χ4v) is 4.44. The molecule has 6 heteroatoms. The second-order valence-electron chi connectivity index (χ2n) is 7.97. The first-order valence-corrected chi connectivity index (χ1v) is 9.97. The van der Waals surface area contributed by atoms with E-state index in [1.54, 1.807) is 17.1 Å². The predicted octanol–water partition coefficient (Wildman–Crippen LogP) is 3.00. The van der Waals surface area contributed by atoms with E-state index in [-0.39, 0.29) is 11.6 Å². The number of nitrogens with one attached hydrogen (secondary N) is 1. The second kappa shape index (κ2) is 6.49. The van der Waals surface area contributed by atoms with Gasteiger partial charge in [0.15, 0.2) is 0 Å². The largest absolute Gasteiger partial charge is 0.367 e. The van der Waals surface area contributed by atoms with Crippen molar-refractivity contribution in [1.82, 2.24) is 19.7 Å². The molecule has 26 heavy (non-hydrogen) atoms. The highest BCUT2D eigenvalue weighted by Crippen LogP contribution is 2.39. The zero-order valence-corrected chi connectivity index (χ0v) is 15.0. The normalized spacial score (nSPS) is 25.1. The van der Waals surface area contributed by atoms with Crippen LogP contribution in [0.2, 0.25) is 0 Å². The average Bonchev–Trinajstić information content (AvgIpc) is 3.40. The van der Waals surface area contributed by atoms with Gasteiger partial charge < -0.3 is 5.32 Å². The number of hydrogen-bond acceptors (Lipinski definition) is 5. The van der Waals surface area contributed by atoms with Crippen LogP contribution < -0.4 is 10.9 Å². The standard InChI is InChI=1S/C20H25N5O/c26-19-11-10-17(13-4-5-13)24-25(19)15-8-6-14(7-9-15)23-20-16-2-1-3-18(16)21-12-22-20/h10-15H,1-9H2,(H,21,22,23). The molecule has 2 aromatic heterocycles. The van der Waals surface area contributed by atoms with Crippen molar-refractivity contribution in [2.45, 2.75) is 75.8 Å². The first-order chi connectivity index (χ1) is 12.8. The van der Waals surface area contributed by atoms with E-state index in [1.807, 2.05) is 6.07 Å².